The van der Waals surface area contributed by atoms with Gasteiger partial charge < -0.3 is 11.1 Å². The number of amides is 4. The number of aryl methyl sites for hydroxylation is 1. The van der Waals surface area contributed by atoms with Crippen LogP contribution in [0.4, 0.5) is 17.1 Å². The minimum atomic E-state index is -1.51. The molecule has 2 aromatic carbocycles. The summed E-state index contributed by atoms with van der Waals surface area (Å²) in [4.78, 5) is 64.0. The fourth-order valence-corrected chi connectivity index (χ4v) is 5.49. The van der Waals surface area contributed by atoms with Crippen LogP contribution in [0.25, 0.3) is 0 Å². The number of carbonyl (C=O) groups excluding carboxylic acids is 4. The lowest BCUT2D eigenvalue weighted by molar-refractivity contribution is -0.385. The third-order valence-electron chi connectivity index (χ3n) is 6.97. The zero-order chi connectivity index (χ0) is 24.4. The van der Waals surface area contributed by atoms with E-state index in [4.69, 9.17) is 5.73 Å². The van der Waals surface area contributed by atoms with Gasteiger partial charge in [-0.05, 0) is 25.5 Å². The Labute approximate surface area is 193 Å². The van der Waals surface area contributed by atoms with Crippen molar-refractivity contribution >= 4 is 40.7 Å². The number of imide groups is 1. The molecule has 0 radical (unpaired) electrons. The van der Waals surface area contributed by atoms with Crippen LogP contribution in [-0.4, -0.2) is 34.6 Å². The molecular weight excluding hydrogens is 442 g/mol. The molecule has 0 aromatic heterocycles. The molecule has 2 aromatic rings. The summed E-state index contributed by atoms with van der Waals surface area (Å²) in [6.07, 6.45) is 0.103. The molecule has 11 nitrogen and oxygen atoms in total. The molecule has 5 rings (SSSR count). The first-order valence-corrected chi connectivity index (χ1v) is 10.8. The van der Waals surface area contributed by atoms with E-state index >= 15 is 0 Å². The number of benzene rings is 2. The van der Waals surface area contributed by atoms with Crippen LogP contribution in [0.5, 0.6) is 0 Å². The molecule has 0 unspecified atom stereocenters. The van der Waals surface area contributed by atoms with Crippen molar-refractivity contribution in [3.63, 3.8) is 0 Å². The Kier molecular flexibility index (Phi) is 4.76. The Bertz CT molecular complexity index is 1290. The number of nitro groups is 1. The van der Waals surface area contributed by atoms with Crippen LogP contribution in [0.2, 0.25) is 0 Å². The minimum absolute atomic E-state index is 0.0439. The van der Waals surface area contributed by atoms with Crippen molar-refractivity contribution in [1.29, 1.82) is 0 Å². The third kappa shape index (κ3) is 2.86. The highest BCUT2D eigenvalue weighted by molar-refractivity contribution is 6.26. The maximum absolute atomic E-state index is 13.8. The number of nitro benzene ring substituents is 1. The van der Waals surface area contributed by atoms with Crippen molar-refractivity contribution in [3.8, 4) is 0 Å². The maximum Gasteiger partial charge on any atom is 0.274 e. The van der Waals surface area contributed by atoms with Gasteiger partial charge in [-0.1, -0.05) is 24.3 Å². The number of anilines is 2. The van der Waals surface area contributed by atoms with E-state index in [1.165, 1.54) is 18.2 Å². The number of fused-ring (bicyclic) bond motifs is 4. The number of para-hydroxylation sites is 1. The first kappa shape index (κ1) is 21.7. The Morgan fingerprint density at radius 3 is 2.62 bits per heavy atom. The van der Waals surface area contributed by atoms with Gasteiger partial charge in [0.05, 0.1) is 22.4 Å². The van der Waals surface area contributed by atoms with E-state index < -0.39 is 52.0 Å². The molecular formula is C23H21N5O6. The van der Waals surface area contributed by atoms with Gasteiger partial charge in [0.15, 0.2) is 0 Å². The number of primary amides is 1. The summed E-state index contributed by atoms with van der Waals surface area (Å²) < 4.78 is 0. The van der Waals surface area contributed by atoms with Crippen LogP contribution in [0, 0.1) is 28.9 Å². The molecule has 0 saturated carbocycles. The molecule has 3 heterocycles. The second kappa shape index (κ2) is 7.45. The minimum Gasteiger partial charge on any atom is -0.370 e. The van der Waals surface area contributed by atoms with E-state index in [9.17, 15) is 29.3 Å². The highest BCUT2D eigenvalue weighted by Gasteiger charge is 2.70. The summed E-state index contributed by atoms with van der Waals surface area (Å²) >= 11 is 0. The van der Waals surface area contributed by atoms with E-state index in [-0.39, 0.29) is 24.2 Å². The first-order valence-electron chi connectivity index (χ1n) is 10.8. The summed E-state index contributed by atoms with van der Waals surface area (Å²) in [6.45, 7) is 1.56. The first-order chi connectivity index (χ1) is 16.2. The standard InChI is InChI=1S/C23H21N5O6/c1-11-6-7-12(10-16(11)28(33)34)27-20(30)18-15(8-9-17(24)29)26-23(19(18)21(27)31)13-4-2-3-5-14(13)25-22(23)32/h2-7,10,15,18-19,26H,8-9H2,1H3,(H2,24,29)(H,25,32)/t15-,18-,19+,23-/m1/s1. The SMILES string of the molecule is Cc1ccc(N2C(=O)[C@H]3[C@@H](C2=O)[C@@]2(N[C@@H]3CCC(N)=O)C(=O)Nc3ccccc32)cc1[N+](=O)[O-]. The summed E-state index contributed by atoms with van der Waals surface area (Å²) in [5.41, 5.74) is 5.10. The zero-order valence-electron chi connectivity index (χ0n) is 18.1. The average Bonchev–Trinajstić information content (AvgIpc) is 3.37. The zero-order valence-corrected chi connectivity index (χ0v) is 18.1. The van der Waals surface area contributed by atoms with E-state index in [1.807, 2.05) is 0 Å². The molecule has 4 atom stereocenters. The Morgan fingerprint density at radius 1 is 1.18 bits per heavy atom. The number of hydrogen-bond donors (Lipinski definition) is 3. The van der Waals surface area contributed by atoms with E-state index in [0.29, 0.717) is 16.8 Å². The maximum atomic E-state index is 13.8. The fraction of sp³-hybridized carbons (Fsp3) is 0.304. The van der Waals surface area contributed by atoms with Gasteiger partial charge in [-0.2, -0.15) is 0 Å². The monoisotopic (exact) mass is 463 g/mol. The number of carbonyl (C=O) groups is 4. The highest BCUT2D eigenvalue weighted by atomic mass is 16.6. The van der Waals surface area contributed by atoms with Crippen LogP contribution >= 0.6 is 0 Å². The third-order valence-corrected chi connectivity index (χ3v) is 6.97. The largest absolute Gasteiger partial charge is 0.370 e. The number of rotatable bonds is 5. The van der Waals surface area contributed by atoms with Crippen LogP contribution in [0.3, 0.4) is 0 Å². The number of nitrogens with one attached hydrogen (secondary N) is 2. The van der Waals surface area contributed by atoms with Gasteiger partial charge in [-0.15, -0.1) is 0 Å². The molecule has 0 bridgehead atoms. The van der Waals surface area contributed by atoms with E-state index in [0.717, 1.165) is 4.90 Å². The van der Waals surface area contributed by atoms with Crippen LogP contribution in [-0.2, 0) is 24.7 Å². The molecule has 34 heavy (non-hydrogen) atoms. The van der Waals surface area contributed by atoms with Gasteiger partial charge in [-0.25, -0.2) is 4.90 Å². The van der Waals surface area contributed by atoms with Crippen molar-refractivity contribution < 1.29 is 24.1 Å². The van der Waals surface area contributed by atoms with Crippen molar-refractivity contribution in [2.24, 2.45) is 17.6 Å². The lowest BCUT2D eigenvalue weighted by Crippen LogP contribution is -2.53. The summed E-state index contributed by atoms with van der Waals surface area (Å²) in [6, 6.07) is 10.3. The quantitative estimate of drug-likeness (QED) is 0.339. The Morgan fingerprint density at radius 2 is 1.91 bits per heavy atom. The summed E-state index contributed by atoms with van der Waals surface area (Å²) in [5, 5.41) is 17.4. The van der Waals surface area contributed by atoms with Crippen molar-refractivity contribution in [2.45, 2.75) is 31.3 Å². The number of hydrogen-bond acceptors (Lipinski definition) is 7. The van der Waals surface area contributed by atoms with Crippen LogP contribution in [0.1, 0.15) is 24.0 Å². The molecule has 2 saturated heterocycles. The summed E-state index contributed by atoms with van der Waals surface area (Å²) in [5.74, 6) is -4.30. The van der Waals surface area contributed by atoms with Gasteiger partial charge in [0, 0.05) is 35.3 Å². The molecule has 4 N–H and O–H groups in total. The molecule has 3 aliphatic heterocycles. The van der Waals surface area contributed by atoms with E-state index in [1.54, 1.807) is 31.2 Å². The summed E-state index contributed by atoms with van der Waals surface area (Å²) in [7, 11) is 0. The molecule has 0 aliphatic carbocycles. The van der Waals surface area contributed by atoms with Gasteiger partial charge >= 0.3 is 0 Å². The van der Waals surface area contributed by atoms with Crippen LogP contribution in [0.15, 0.2) is 42.5 Å². The van der Waals surface area contributed by atoms with Crippen molar-refractivity contribution in [3.05, 3.63) is 63.7 Å². The van der Waals surface area contributed by atoms with Gasteiger partial charge in [-0.3, -0.25) is 34.6 Å². The second-order valence-corrected chi connectivity index (χ2v) is 8.81. The highest BCUT2D eigenvalue weighted by Crippen LogP contribution is 2.54. The lowest BCUT2D eigenvalue weighted by atomic mass is 9.76. The Balaban J connectivity index is 1.64. The molecule has 11 heteroatoms. The fourth-order valence-electron chi connectivity index (χ4n) is 5.49. The van der Waals surface area contributed by atoms with Crippen LogP contribution < -0.4 is 21.3 Å². The lowest BCUT2D eigenvalue weighted by Gasteiger charge is -2.29. The average molecular weight is 463 g/mol. The Hall–Kier alpha value is -4.12. The molecule has 4 amide bonds. The van der Waals surface area contributed by atoms with Gasteiger partial charge in [0.25, 0.3) is 5.69 Å². The molecule has 2 fully saturated rings. The van der Waals surface area contributed by atoms with Gasteiger partial charge in [0.1, 0.15) is 5.54 Å². The van der Waals surface area contributed by atoms with E-state index in [2.05, 4.69) is 10.6 Å². The molecule has 174 valence electrons. The molecule has 3 aliphatic rings. The number of nitrogens with zero attached hydrogens (tertiary/aromatic N) is 2. The van der Waals surface area contributed by atoms with Crippen molar-refractivity contribution in [2.75, 3.05) is 10.2 Å². The topological polar surface area (TPSA) is 165 Å². The predicted molar refractivity (Wildman–Crippen MR) is 119 cm³/mol. The smallest absolute Gasteiger partial charge is 0.274 e. The number of nitrogens with two attached hydrogens (primary N) is 1. The van der Waals surface area contributed by atoms with Gasteiger partial charge in [0.2, 0.25) is 23.6 Å². The second-order valence-electron chi connectivity index (χ2n) is 8.81. The van der Waals surface area contributed by atoms with Crippen molar-refractivity contribution in [1.82, 2.24) is 5.32 Å². The molecule has 1 spiro atoms. The normalized spacial score (nSPS) is 27.1. The predicted octanol–water partition coefficient (Wildman–Crippen LogP) is 1.09.